The van der Waals surface area contributed by atoms with E-state index < -0.39 is 0 Å². The first-order chi connectivity index (χ1) is 7.74. The van der Waals surface area contributed by atoms with Gasteiger partial charge in [0.05, 0.1) is 6.61 Å². The molecule has 1 aromatic heterocycles. The molecular weight excluding hydrogens is 204 g/mol. The summed E-state index contributed by atoms with van der Waals surface area (Å²) in [5, 5.41) is 0.977. The van der Waals surface area contributed by atoms with E-state index in [1.807, 2.05) is 26.0 Å². The molecule has 0 spiro atoms. The summed E-state index contributed by atoms with van der Waals surface area (Å²) >= 11 is 0. The van der Waals surface area contributed by atoms with Crippen LogP contribution in [0.2, 0.25) is 0 Å². The Bertz CT molecular complexity index is 555. The summed E-state index contributed by atoms with van der Waals surface area (Å²) in [5.74, 6) is 0.728. The van der Waals surface area contributed by atoms with Crippen LogP contribution in [0.25, 0.3) is 11.0 Å². The van der Waals surface area contributed by atoms with Crippen molar-refractivity contribution in [3.8, 4) is 5.75 Å². The van der Waals surface area contributed by atoms with Gasteiger partial charge in [-0.3, -0.25) is 0 Å². The Balaban J connectivity index is 2.64. The molecule has 0 fully saturated rings. The Morgan fingerprint density at radius 1 is 1.25 bits per heavy atom. The van der Waals surface area contributed by atoms with Crippen LogP contribution in [0.1, 0.15) is 19.4 Å². The Morgan fingerprint density at radius 2 is 2.06 bits per heavy atom. The average Bonchev–Trinajstić information content (AvgIpc) is 2.27. The van der Waals surface area contributed by atoms with Crippen molar-refractivity contribution in [2.45, 2.75) is 20.3 Å². The monoisotopic (exact) mass is 218 g/mol. The fraction of sp³-hybridized carbons (Fsp3) is 0.308. The molecule has 3 nitrogen and oxygen atoms in total. The third kappa shape index (κ3) is 1.94. The van der Waals surface area contributed by atoms with E-state index in [9.17, 15) is 4.79 Å². The molecule has 2 aromatic rings. The number of hydrogen-bond donors (Lipinski definition) is 0. The second kappa shape index (κ2) is 4.39. The molecule has 84 valence electrons. The van der Waals surface area contributed by atoms with E-state index in [0.29, 0.717) is 12.2 Å². The Labute approximate surface area is 93.7 Å². The van der Waals surface area contributed by atoms with Gasteiger partial charge in [0, 0.05) is 17.5 Å². The molecule has 0 bridgehead atoms. The third-order valence-electron chi connectivity index (χ3n) is 2.49. The van der Waals surface area contributed by atoms with E-state index in [1.54, 1.807) is 12.1 Å². The molecule has 2 rings (SSSR count). The van der Waals surface area contributed by atoms with E-state index in [1.165, 1.54) is 0 Å². The van der Waals surface area contributed by atoms with Crippen LogP contribution in [0.4, 0.5) is 0 Å². The summed E-state index contributed by atoms with van der Waals surface area (Å²) in [7, 11) is 0. The maximum absolute atomic E-state index is 11.3. The first-order valence-corrected chi connectivity index (χ1v) is 5.44. The van der Waals surface area contributed by atoms with Crippen LogP contribution in [-0.4, -0.2) is 6.61 Å². The molecule has 0 saturated heterocycles. The molecule has 16 heavy (non-hydrogen) atoms. The van der Waals surface area contributed by atoms with Crippen LogP contribution in [0.5, 0.6) is 5.75 Å². The molecule has 0 saturated carbocycles. The molecule has 0 amide bonds. The number of fused-ring (bicyclic) bond motifs is 1. The molecule has 0 N–H and O–H groups in total. The quantitative estimate of drug-likeness (QED) is 0.743. The fourth-order valence-corrected chi connectivity index (χ4v) is 1.76. The molecule has 0 atom stereocenters. The molecule has 1 aromatic carbocycles. The topological polar surface area (TPSA) is 39.4 Å². The van der Waals surface area contributed by atoms with Crippen LogP contribution in [0, 0.1) is 0 Å². The van der Waals surface area contributed by atoms with E-state index >= 15 is 0 Å². The highest BCUT2D eigenvalue weighted by molar-refractivity contribution is 5.81. The lowest BCUT2D eigenvalue weighted by Gasteiger charge is -2.06. The molecule has 0 aliphatic heterocycles. The van der Waals surface area contributed by atoms with Crippen molar-refractivity contribution in [2.24, 2.45) is 0 Å². The van der Waals surface area contributed by atoms with Gasteiger partial charge in [0.15, 0.2) is 0 Å². The van der Waals surface area contributed by atoms with Gasteiger partial charge in [-0.05, 0) is 31.0 Å². The predicted octanol–water partition coefficient (Wildman–Crippen LogP) is 2.75. The average molecular weight is 218 g/mol. The van der Waals surface area contributed by atoms with Gasteiger partial charge < -0.3 is 9.15 Å². The first kappa shape index (κ1) is 10.7. The zero-order chi connectivity index (χ0) is 11.5. The third-order valence-corrected chi connectivity index (χ3v) is 2.49. The van der Waals surface area contributed by atoms with E-state index in [0.717, 1.165) is 23.1 Å². The van der Waals surface area contributed by atoms with Gasteiger partial charge in [0.2, 0.25) is 0 Å². The van der Waals surface area contributed by atoms with Crippen molar-refractivity contribution < 1.29 is 9.15 Å². The van der Waals surface area contributed by atoms with Crippen molar-refractivity contribution in [1.29, 1.82) is 0 Å². The standard InChI is InChI=1S/C13H14O3/c1-3-9-7-13(14)16-12-8-10(15-4-2)5-6-11(9)12/h5-8H,3-4H2,1-2H3. The van der Waals surface area contributed by atoms with Gasteiger partial charge in [0.1, 0.15) is 11.3 Å². The fourth-order valence-electron chi connectivity index (χ4n) is 1.76. The Kier molecular flexibility index (Phi) is 2.95. The first-order valence-electron chi connectivity index (χ1n) is 5.44. The molecule has 0 aliphatic carbocycles. The lowest BCUT2D eigenvalue weighted by Crippen LogP contribution is -2.00. The smallest absolute Gasteiger partial charge is 0.336 e. The van der Waals surface area contributed by atoms with Gasteiger partial charge in [-0.15, -0.1) is 0 Å². The zero-order valence-electron chi connectivity index (χ0n) is 9.45. The van der Waals surface area contributed by atoms with Crippen LogP contribution < -0.4 is 10.4 Å². The Hall–Kier alpha value is -1.77. The second-order valence-corrected chi connectivity index (χ2v) is 3.54. The highest BCUT2D eigenvalue weighted by atomic mass is 16.5. The SMILES string of the molecule is CCOc1ccc2c(CC)cc(=O)oc2c1. The van der Waals surface area contributed by atoms with E-state index in [4.69, 9.17) is 9.15 Å². The minimum absolute atomic E-state index is 0.307. The maximum Gasteiger partial charge on any atom is 0.336 e. The minimum atomic E-state index is -0.307. The summed E-state index contributed by atoms with van der Waals surface area (Å²) in [6.45, 7) is 4.54. The van der Waals surface area contributed by atoms with Gasteiger partial charge in [0.25, 0.3) is 0 Å². The van der Waals surface area contributed by atoms with Gasteiger partial charge in [-0.1, -0.05) is 6.92 Å². The van der Waals surface area contributed by atoms with Crippen molar-refractivity contribution >= 4 is 11.0 Å². The number of aryl methyl sites for hydroxylation is 1. The van der Waals surface area contributed by atoms with Crippen LogP contribution in [-0.2, 0) is 6.42 Å². The number of hydrogen-bond acceptors (Lipinski definition) is 3. The summed E-state index contributed by atoms with van der Waals surface area (Å²) < 4.78 is 10.5. The predicted molar refractivity (Wildman–Crippen MR) is 63.0 cm³/mol. The highest BCUT2D eigenvalue weighted by Crippen LogP contribution is 2.22. The Morgan fingerprint density at radius 3 is 2.75 bits per heavy atom. The lowest BCUT2D eigenvalue weighted by atomic mass is 10.1. The largest absolute Gasteiger partial charge is 0.494 e. The lowest BCUT2D eigenvalue weighted by molar-refractivity contribution is 0.340. The summed E-state index contributed by atoms with van der Waals surface area (Å²) in [4.78, 5) is 11.3. The van der Waals surface area contributed by atoms with E-state index in [-0.39, 0.29) is 5.63 Å². The van der Waals surface area contributed by atoms with Gasteiger partial charge in [-0.25, -0.2) is 4.79 Å². The normalized spacial score (nSPS) is 10.6. The van der Waals surface area contributed by atoms with Gasteiger partial charge >= 0.3 is 5.63 Å². The molecular formula is C13H14O3. The van der Waals surface area contributed by atoms with Crippen molar-refractivity contribution in [3.05, 3.63) is 40.2 Å². The van der Waals surface area contributed by atoms with E-state index in [2.05, 4.69) is 0 Å². The van der Waals surface area contributed by atoms with Crippen LogP contribution >= 0.6 is 0 Å². The van der Waals surface area contributed by atoms with Crippen molar-refractivity contribution in [1.82, 2.24) is 0 Å². The highest BCUT2D eigenvalue weighted by Gasteiger charge is 2.05. The summed E-state index contributed by atoms with van der Waals surface area (Å²) in [5.41, 5.74) is 1.29. The number of ether oxygens (including phenoxy) is 1. The minimum Gasteiger partial charge on any atom is -0.494 e. The maximum atomic E-state index is 11.3. The van der Waals surface area contributed by atoms with Crippen molar-refractivity contribution in [2.75, 3.05) is 6.61 Å². The van der Waals surface area contributed by atoms with Crippen LogP contribution in [0.15, 0.2) is 33.5 Å². The second-order valence-electron chi connectivity index (χ2n) is 3.54. The van der Waals surface area contributed by atoms with Gasteiger partial charge in [-0.2, -0.15) is 0 Å². The summed E-state index contributed by atoms with van der Waals surface area (Å²) in [6.07, 6.45) is 0.816. The van der Waals surface area contributed by atoms with Crippen LogP contribution in [0.3, 0.4) is 0 Å². The molecule has 3 heteroatoms. The molecule has 0 radical (unpaired) electrons. The zero-order valence-corrected chi connectivity index (χ0v) is 9.45. The molecule has 0 unspecified atom stereocenters. The van der Waals surface area contributed by atoms with Crippen molar-refractivity contribution in [3.63, 3.8) is 0 Å². The molecule has 1 heterocycles. The molecule has 0 aliphatic rings. The number of benzene rings is 1. The number of rotatable bonds is 3. The summed E-state index contributed by atoms with van der Waals surface area (Å²) in [6, 6.07) is 7.13.